The third kappa shape index (κ3) is 4.72. The average Bonchev–Trinajstić information content (AvgIpc) is 2.65. The van der Waals surface area contributed by atoms with Gasteiger partial charge in [0.25, 0.3) is 0 Å². The average molecular weight is 417 g/mol. The Hall–Kier alpha value is -2.28. The summed E-state index contributed by atoms with van der Waals surface area (Å²) in [7, 11) is 0. The molecule has 3 atom stereocenters. The Kier molecular flexibility index (Phi) is 6.32. The molecule has 2 amide bonds. The molecule has 1 fully saturated rings. The van der Waals surface area contributed by atoms with Crippen LogP contribution in [0, 0.1) is 5.92 Å². The number of rotatable bonds is 2. The minimum atomic E-state index is -0.491. The number of nitrogens with zero attached hydrogens (tertiary/aromatic N) is 2. The third-order valence-electron chi connectivity index (χ3n) is 6.28. The number of hydrogen-bond acceptors (Lipinski definition) is 5. The molecule has 7 nitrogen and oxygen atoms in total. The van der Waals surface area contributed by atoms with Crippen LogP contribution in [-0.4, -0.2) is 42.8 Å². The molecule has 3 rings (SSSR count). The second kappa shape index (κ2) is 8.46. The molecule has 1 aromatic carbocycles. The quantitative estimate of drug-likeness (QED) is 0.769. The van der Waals surface area contributed by atoms with Crippen molar-refractivity contribution in [2.24, 2.45) is 11.7 Å². The molecule has 0 aromatic heterocycles. The van der Waals surface area contributed by atoms with Crippen LogP contribution in [0.3, 0.4) is 0 Å². The van der Waals surface area contributed by atoms with E-state index in [-0.39, 0.29) is 36.0 Å². The Morgan fingerprint density at radius 2 is 1.80 bits per heavy atom. The molecule has 1 aromatic rings. The molecule has 166 valence electrons. The number of hydrogen-bond donors (Lipinski definition) is 2. The van der Waals surface area contributed by atoms with Gasteiger partial charge in [-0.3, -0.25) is 4.79 Å². The first kappa shape index (κ1) is 22.4. The first-order chi connectivity index (χ1) is 14.0. The summed E-state index contributed by atoms with van der Waals surface area (Å²) in [5.74, 6) is 0.227. The maximum absolute atomic E-state index is 12.3. The summed E-state index contributed by atoms with van der Waals surface area (Å²) in [4.78, 5) is 28.5. The number of carbonyl (C=O) groups is 2. The molecule has 0 saturated carbocycles. The second-order valence-corrected chi connectivity index (χ2v) is 9.67. The van der Waals surface area contributed by atoms with Crippen molar-refractivity contribution >= 4 is 23.4 Å². The number of fused-ring (bicyclic) bond motifs is 1. The number of carbonyl (C=O) groups excluding carboxylic acids is 2. The number of alkyl carbamates (subject to hydrolysis) is 1. The van der Waals surface area contributed by atoms with Crippen molar-refractivity contribution in [3.63, 3.8) is 0 Å². The molecule has 2 heterocycles. The van der Waals surface area contributed by atoms with E-state index in [1.165, 1.54) is 0 Å². The number of anilines is 2. The lowest BCUT2D eigenvalue weighted by molar-refractivity contribution is -0.117. The summed E-state index contributed by atoms with van der Waals surface area (Å²) in [6.45, 7) is 13.1. The minimum absolute atomic E-state index is 0.0456. The fourth-order valence-electron chi connectivity index (χ4n) is 4.48. The van der Waals surface area contributed by atoms with Gasteiger partial charge in [-0.2, -0.15) is 0 Å². The Balaban J connectivity index is 1.69. The summed E-state index contributed by atoms with van der Waals surface area (Å²) in [6, 6.07) is 6.33. The van der Waals surface area contributed by atoms with Gasteiger partial charge in [0.15, 0.2) is 0 Å². The first-order valence-corrected chi connectivity index (χ1v) is 10.9. The number of nitrogens with one attached hydrogen (secondary N) is 1. The molecule has 0 bridgehead atoms. The predicted octanol–water partition coefficient (Wildman–Crippen LogP) is 3.57. The Morgan fingerprint density at radius 1 is 1.17 bits per heavy atom. The summed E-state index contributed by atoms with van der Waals surface area (Å²) < 4.78 is 5.36. The molecule has 0 spiro atoms. The smallest absolute Gasteiger partial charge is 0.407 e. The number of amides is 2. The maximum Gasteiger partial charge on any atom is 0.407 e. The molecule has 2 aliphatic rings. The fraction of sp³-hybridized carbons (Fsp3) is 0.652. The van der Waals surface area contributed by atoms with Crippen LogP contribution in [0.1, 0.15) is 66.0 Å². The second-order valence-electron chi connectivity index (χ2n) is 9.67. The van der Waals surface area contributed by atoms with Crippen LogP contribution in [0.15, 0.2) is 18.2 Å². The standard InChI is InChI=1S/C23H36N4O3/c1-14-15(2)27(16(3)28)20-8-7-18(13-19(20)21(14)24)26-11-9-17(10-12-26)25-22(29)30-23(4,5)6/h7-8,13-15,17,21H,9-12,24H2,1-6H3,(H,25,29)/t14?,15-,21+/m0/s1. The van der Waals surface area contributed by atoms with Crippen LogP contribution >= 0.6 is 0 Å². The van der Waals surface area contributed by atoms with Crippen molar-refractivity contribution in [3.8, 4) is 0 Å². The van der Waals surface area contributed by atoms with Crippen LogP contribution in [0.2, 0.25) is 0 Å². The van der Waals surface area contributed by atoms with E-state index in [0.29, 0.717) is 0 Å². The van der Waals surface area contributed by atoms with Crippen molar-refractivity contribution in [2.75, 3.05) is 22.9 Å². The Morgan fingerprint density at radius 3 is 2.37 bits per heavy atom. The molecule has 7 heteroatoms. The third-order valence-corrected chi connectivity index (χ3v) is 6.28. The molecular formula is C23H36N4O3. The molecule has 2 aliphatic heterocycles. The van der Waals surface area contributed by atoms with Gasteiger partial charge in [-0.15, -0.1) is 0 Å². The fourth-order valence-corrected chi connectivity index (χ4v) is 4.48. The van der Waals surface area contributed by atoms with E-state index in [1.54, 1.807) is 6.92 Å². The van der Waals surface area contributed by atoms with Crippen LogP contribution in [0.5, 0.6) is 0 Å². The van der Waals surface area contributed by atoms with Crippen LogP contribution in [-0.2, 0) is 9.53 Å². The topological polar surface area (TPSA) is 87.9 Å². The van der Waals surface area contributed by atoms with Gasteiger partial charge in [0.05, 0.1) is 0 Å². The Labute approximate surface area is 179 Å². The molecule has 3 N–H and O–H groups in total. The highest BCUT2D eigenvalue weighted by Crippen LogP contribution is 2.41. The Bertz CT molecular complexity index is 796. The van der Waals surface area contributed by atoms with Crippen molar-refractivity contribution < 1.29 is 14.3 Å². The van der Waals surface area contributed by atoms with Gasteiger partial charge in [0.1, 0.15) is 5.60 Å². The van der Waals surface area contributed by atoms with Crippen LogP contribution < -0.4 is 20.9 Å². The highest BCUT2D eigenvalue weighted by Gasteiger charge is 2.36. The van der Waals surface area contributed by atoms with E-state index < -0.39 is 5.60 Å². The largest absolute Gasteiger partial charge is 0.444 e. The molecule has 1 unspecified atom stereocenters. The van der Waals surface area contributed by atoms with Gasteiger partial charge < -0.3 is 25.6 Å². The van der Waals surface area contributed by atoms with Crippen LogP contribution in [0.25, 0.3) is 0 Å². The monoisotopic (exact) mass is 416 g/mol. The van der Waals surface area contributed by atoms with E-state index in [4.69, 9.17) is 10.5 Å². The summed E-state index contributed by atoms with van der Waals surface area (Å²) in [6.07, 6.45) is 1.36. The predicted molar refractivity (Wildman–Crippen MR) is 120 cm³/mol. The summed E-state index contributed by atoms with van der Waals surface area (Å²) in [5, 5.41) is 2.98. The van der Waals surface area contributed by atoms with Crippen molar-refractivity contribution in [1.82, 2.24) is 5.32 Å². The van der Waals surface area contributed by atoms with Crippen molar-refractivity contribution in [2.45, 2.75) is 78.1 Å². The van der Waals surface area contributed by atoms with Crippen LogP contribution in [0.4, 0.5) is 16.2 Å². The summed E-state index contributed by atoms with van der Waals surface area (Å²) in [5.41, 5.74) is 9.13. The SMILES string of the molecule is CC(=O)N1c2ccc(N3CCC(NC(=O)OC(C)(C)C)CC3)cc2[C@H](N)C(C)[C@@H]1C. The highest BCUT2D eigenvalue weighted by atomic mass is 16.6. The lowest BCUT2D eigenvalue weighted by Crippen LogP contribution is -2.49. The van der Waals surface area contributed by atoms with E-state index in [9.17, 15) is 9.59 Å². The van der Waals surface area contributed by atoms with Gasteiger partial charge in [-0.1, -0.05) is 6.92 Å². The molecule has 0 radical (unpaired) electrons. The first-order valence-electron chi connectivity index (χ1n) is 10.9. The summed E-state index contributed by atoms with van der Waals surface area (Å²) >= 11 is 0. The zero-order valence-electron chi connectivity index (χ0n) is 19.1. The number of ether oxygens (including phenoxy) is 1. The molecule has 1 saturated heterocycles. The van der Waals surface area contributed by atoms with Crippen molar-refractivity contribution in [3.05, 3.63) is 23.8 Å². The molecule has 30 heavy (non-hydrogen) atoms. The van der Waals surface area contributed by atoms with E-state index in [1.807, 2.05) is 31.7 Å². The number of benzene rings is 1. The maximum atomic E-state index is 12.3. The normalized spacial score (nSPS) is 25.0. The highest BCUT2D eigenvalue weighted by molar-refractivity contribution is 5.94. The molecule has 0 aliphatic carbocycles. The van der Waals surface area contributed by atoms with E-state index in [0.717, 1.165) is 42.9 Å². The van der Waals surface area contributed by atoms with Crippen molar-refractivity contribution in [1.29, 1.82) is 0 Å². The van der Waals surface area contributed by atoms with Gasteiger partial charge in [-0.25, -0.2) is 4.79 Å². The van der Waals surface area contributed by atoms with E-state index in [2.05, 4.69) is 36.2 Å². The van der Waals surface area contributed by atoms with E-state index >= 15 is 0 Å². The zero-order chi connectivity index (χ0) is 22.2. The lowest BCUT2D eigenvalue weighted by atomic mass is 9.83. The number of nitrogens with two attached hydrogens (primary N) is 1. The minimum Gasteiger partial charge on any atom is -0.444 e. The van der Waals surface area contributed by atoms with Gasteiger partial charge in [-0.05, 0) is 70.2 Å². The number of piperidine rings is 1. The van der Waals surface area contributed by atoms with Gasteiger partial charge in [0.2, 0.25) is 5.91 Å². The van der Waals surface area contributed by atoms with Gasteiger partial charge in [0, 0.05) is 49.5 Å². The lowest BCUT2D eigenvalue weighted by Gasteiger charge is -2.43. The zero-order valence-corrected chi connectivity index (χ0v) is 19.1. The molecular weight excluding hydrogens is 380 g/mol. The van der Waals surface area contributed by atoms with Gasteiger partial charge >= 0.3 is 6.09 Å².